The second-order valence-corrected chi connectivity index (χ2v) is 10.5. The molecule has 186 valence electrons. The van der Waals surface area contributed by atoms with E-state index in [1.807, 2.05) is 30.3 Å². The van der Waals surface area contributed by atoms with Gasteiger partial charge in [0, 0.05) is 49.5 Å². The number of rotatable bonds is 10. The van der Waals surface area contributed by atoms with Gasteiger partial charge in [-0.3, -0.25) is 14.8 Å². The van der Waals surface area contributed by atoms with Crippen LogP contribution in [0.2, 0.25) is 0 Å². The lowest BCUT2D eigenvalue weighted by Gasteiger charge is -2.30. The van der Waals surface area contributed by atoms with Gasteiger partial charge in [-0.25, -0.2) is 0 Å². The average molecular weight is 506 g/mol. The van der Waals surface area contributed by atoms with Crippen molar-refractivity contribution >= 4 is 19.7 Å². The molecule has 3 aromatic carbocycles. The van der Waals surface area contributed by atoms with E-state index in [4.69, 9.17) is 14.0 Å². The Kier molecular flexibility index (Phi) is 7.18. The summed E-state index contributed by atoms with van der Waals surface area (Å²) in [5.41, 5.74) is 3.43. The average Bonchev–Trinajstić information content (AvgIpc) is 3.74. The first-order valence-corrected chi connectivity index (χ1v) is 13.2. The van der Waals surface area contributed by atoms with Crippen molar-refractivity contribution < 1.29 is 18.9 Å². The van der Waals surface area contributed by atoms with E-state index in [2.05, 4.69) is 28.7 Å². The molecule has 0 aromatic heterocycles. The zero-order chi connectivity index (χ0) is 25.1. The molecule has 2 atom stereocenters. The van der Waals surface area contributed by atoms with Crippen LogP contribution in [0.3, 0.4) is 0 Å². The highest BCUT2D eigenvalue weighted by molar-refractivity contribution is 7.49. The number of nitro groups is 1. The molecule has 0 spiro atoms. The van der Waals surface area contributed by atoms with E-state index in [1.165, 1.54) is 11.6 Å². The highest BCUT2D eigenvalue weighted by Crippen LogP contribution is 2.55. The summed E-state index contributed by atoms with van der Waals surface area (Å²) in [4.78, 5) is 11.4. The Morgan fingerprint density at radius 3 is 2.72 bits per heavy atom. The van der Waals surface area contributed by atoms with Crippen LogP contribution in [0.5, 0.6) is 17.2 Å². The van der Waals surface area contributed by atoms with Gasteiger partial charge in [0.1, 0.15) is 19.8 Å². The molecule has 0 aliphatic carbocycles. The summed E-state index contributed by atoms with van der Waals surface area (Å²) < 4.78 is 20.9. The molecule has 2 unspecified atom stereocenters. The zero-order valence-electron chi connectivity index (χ0n) is 20.1. The molecule has 1 saturated heterocycles. The lowest BCUT2D eigenvalue weighted by atomic mass is 10.0. The summed E-state index contributed by atoms with van der Waals surface area (Å²) in [7, 11) is 0.950. The van der Waals surface area contributed by atoms with Gasteiger partial charge in [-0.1, -0.05) is 49.0 Å². The molecule has 36 heavy (non-hydrogen) atoms. The second-order valence-electron chi connectivity index (χ2n) is 8.65. The smallest absolute Gasteiger partial charge is 0.315 e. The Bertz CT molecular complexity index is 1270. The molecule has 3 aromatic rings. The normalized spacial score (nSPS) is 17.4. The first kappa shape index (κ1) is 24.3. The number of fused-ring (bicyclic) bond motifs is 1. The highest BCUT2D eigenvalue weighted by Gasteiger charge is 2.35. The van der Waals surface area contributed by atoms with Crippen molar-refractivity contribution in [1.29, 1.82) is 0 Å². The lowest BCUT2D eigenvalue weighted by Crippen LogP contribution is -2.17. The zero-order valence-corrected chi connectivity index (χ0v) is 20.9. The van der Waals surface area contributed by atoms with Crippen LogP contribution in [-0.4, -0.2) is 36.3 Å². The van der Waals surface area contributed by atoms with Crippen LogP contribution in [0.15, 0.2) is 73.3 Å². The molecule has 1 fully saturated rings. The molecule has 2 aliphatic rings. The number of nitro benzene ring substituents is 1. The number of hydrogen-bond donors (Lipinski definition) is 1. The minimum Gasteiger partial charge on any atom is -0.493 e. The number of hydrogen-bond acceptors (Lipinski definition) is 7. The molecular formula is C27H28N3O5P. The minimum atomic E-state index is -0.837. The van der Waals surface area contributed by atoms with E-state index in [0.717, 1.165) is 36.1 Å². The minimum absolute atomic E-state index is 0.148. The number of ether oxygens (including phenoxy) is 2. The lowest BCUT2D eigenvalue weighted by molar-refractivity contribution is -0.385. The monoisotopic (exact) mass is 505 g/mol. The maximum absolute atomic E-state index is 11.9. The maximum atomic E-state index is 11.9. The van der Waals surface area contributed by atoms with E-state index in [9.17, 15) is 10.1 Å². The Morgan fingerprint density at radius 2 is 2.00 bits per heavy atom. The summed E-state index contributed by atoms with van der Waals surface area (Å²) in [6, 6.07) is 20.8. The van der Waals surface area contributed by atoms with Crippen molar-refractivity contribution in [3.05, 3.63) is 100 Å². The first-order valence-electron chi connectivity index (χ1n) is 11.8. The van der Waals surface area contributed by atoms with E-state index in [0.29, 0.717) is 24.5 Å². The van der Waals surface area contributed by atoms with Crippen LogP contribution < -0.4 is 14.8 Å². The van der Waals surface area contributed by atoms with Crippen molar-refractivity contribution in [3.63, 3.8) is 0 Å². The van der Waals surface area contributed by atoms with E-state index < -0.39 is 13.2 Å². The van der Waals surface area contributed by atoms with Crippen LogP contribution in [-0.2, 0) is 10.7 Å². The fourth-order valence-corrected chi connectivity index (χ4v) is 6.06. The van der Waals surface area contributed by atoms with Crippen LogP contribution >= 0.6 is 8.30 Å². The van der Waals surface area contributed by atoms with Gasteiger partial charge in [0.05, 0.1) is 23.7 Å². The van der Waals surface area contributed by atoms with Crippen molar-refractivity contribution in [2.45, 2.75) is 18.7 Å². The predicted octanol–water partition coefficient (Wildman–Crippen LogP) is 6.25. The molecule has 9 heteroatoms. The molecule has 2 heterocycles. The maximum Gasteiger partial charge on any atom is 0.315 e. The molecule has 0 radical (unpaired) electrons. The molecule has 0 saturated carbocycles. The van der Waals surface area contributed by atoms with Crippen molar-refractivity contribution in [1.82, 2.24) is 9.99 Å². The van der Waals surface area contributed by atoms with Crippen molar-refractivity contribution in [2.24, 2.45) is 0 Å². The molecule has 5 rings (SSSR count). The van der Waals surface area contributed by atoms with E-state index in [1.54, 1.807) is 25.2 Å². The largest absolute Gasteiger partial charge is 0.493 e. The van der Waals surface area contributed by atoms with Crippen LogP contribution in [0.1, 0.15) is 29.2 Å². The number of nitrogens with one attached hydrogen (secondary N) is 1. The summed E-state index contributed by atoms with van der Waals surface area (Å²) in [5.74, 6) is 1.11. The summed E-state index contributed by atoms with van der Waals surface area (Å²) in [6.45, 7) is 6.46. The van der Waals surface area contributed by atoms with Crippen LogP contribution in [0.25, 0.3) is 5.70 Å². The third-order valence-electron chi connectivity index (χ3n) is 6.13. The summed E-state index contributed by atoms with van der Waals surface area (Å²) in [5, 5.41) is 14.9. The molecule has 0 bridgehead atoms. The fraction of sp³-hybridized carbons (Fsp3) is 0.259. The number of benzene rings is 3. The van der Waals surface area contributed by atoms with Gasteiger partial charge < -0.3 is 19.3 Å². The van der Waals surface area contributed by atoms with Gasteiger partial charge in [-0.05, 0) is 23.8 Å². The standard InChI is InChI=1S/C27H28N3O5P/c1-19(28-2)21-9-6-10-22(15-21)34-27-16-23-25(11-14-33-26(23)17-24(27)30(31)32)35-36(29-12-13-29)18-20-7-4-3-5-8-20/h3-10,15-17,25,28H,1,11-14,18H2,2H3. The predicted molar refractivity (Wildman–Crippen MR) is 140 cm³/mol. The van der Waals surface area contributed by atoms with Crippen molar-refractivity contribution in [2.75, 3.05) is 26.7 Å². The molecular weight excluding hydrogens is 477 g/mol. The molecule has 8 nitrogen and oxygen atoms in total. The molecule has 2 aliphatic heterocycles. The van der Waals surface area contributed by atoms with Gasteiger partial charge >= 0.3 is 5.69 Å². The second kappa shape index (κ2) is 10.7. The van der Waals surface area contributed by atoms with Gasteiger partial charge in [-0.2, -0.15) is 0 Å². The van der Waals surface area contributed by atoms with Gasteiger partial charge in [0.25, 0.3) is 0 Å². The Labute approximate surface area is 211 Å². The first-order chi connectivity index (χ1) is 17.5. The Balaban J connectivity index is 1.44. The van der Waals surface area contributed by atoms with Gasteiger partial charge in [0.15, 0.2) is 0 Å². The van der Waals surface area contributed by atoms with Crippen LogP contribution in [0, 0.1) is 10.1 Å². The van der Waals surface area contributed by atoms with E-state index >= 15 is 0 Å². The quantitative estimate of drug-likeness (QED) is 0.151. The Hall–Kier alpha value is -3.45. The summed E-state index contributed by atoms with van der Waals surface area (Å²) >= 11 is 0. The Morgan fingerprint density at radius 1 is 1.19 bits per heavy atom. The number of nitrogens with zero attached hydrogens (tertiary/aromatic N) is 2. The molecule has 0 amide bonds. The summed E-state index contributed by atoms with van der Waals surface area (Å²) in [6.07, 6.45) is 1.27. The van der Waals surface area contributed by atoms with Gasteiger partial charge in [0.2, 0.25) is 5.75 Å². The van der Waals surface area contributed by atoms with Gasteiger partial charge in [-0.15, -0.1) is 0 Å². The van der Waals surface area contributed by atoms with E-state index in [-0.39, 0.29) is 17.5 Å². The molecule has 1 N–H and O–H groups in total. The highest BCUT2D eigenvalue weighted by atomic mass is 31.2. The third-order valence-corrected chi connectivity index (χ3v) is 8.30. The SMILES string of the molecule is C=C(NC)c1cccc(Oc2cc3c(cc2[N+](=O)[O-])OCCC3OP(Cc2ccccc2)N2CC2)c1. The van der Waals surface area contributed by atoms with Crippen molar-refractivity contribution in [3.8, 4) is 17.2 Å². The topological polar surface area (TPSA) is 85.9 Å². The van der Waals surface area contributed by atoms with Crippen LogP contribution in [0.4, 0.5) is 5.69 Å². The fourth-order valence-electron chi connectivity index (χ4n) is 4.08. The third kappa shape index (κ3) is 5.51.